The van der Waals surface area contributed by atoms with Crippen molar-refractivity contribution in [1.82, 2.24) is 0 Å². The molecule has 1 saturated heterocycles. The van der Waals surface area contributed by atoms with Crippen LogP contribution in [0.4, 0.5) is 14.5 Å². The Morgan fingerprint density at radius 1 is 1.36 bits per heavy atom. The molecule has 2 rings (SSSR count). The summed E-state index contributed by atoms with van der Waals surface area (Å²) in [4.78, 5) is 11.8. The van der Waals surface area contributed by atoms with Gasteiger partial charge in [0.05, 0.1) is 17.3 Å². The lowest BCUT2D eigenvalue weighted by Crippen LogP contribution is -2.17. The van der Waals surface area contributed by atoms with Crippen LogP contribution >= 0.6 is 11.8 Å². The van der Waals surface area contributed by atoms with E-state index >= 15 is 0 Å². The minimum Gasteiger partial charge on any atom is -0.435 e. The molecule has 1 amide bonds. The van der Waals surface area contributed by atoms with Gasteiger partial charge in [-0.2, -0.15) is 8.78 Å². The van der Waals surface area contributed by atoms with E-state index in [0.29, 0.717) is 12.1 Å². The normalized spacial score (nSPS) is 20.0. The van der Waals surface area contributed by atoms with Gasteiger partial charge in [0.15, 0.2) is 9.84 Å². The molecular weight excluding hydrogens is 336 g/mol. The van der Waals surface area contributed by atoms with Crippen molar-refractivity contribution in [2.75, 3.05) is 22.6 Å². The summed E-state index contributed by atoms with van der Waals surface area (Å²) in [7, 11) is -2.94. The first-order valence-corrected chi connectivity index (χ1v) is 9.38. The molecule has 122 valence electrons. The monoisotopic (exact) mass is 351 g/mol. The van der Waals surface area contributed by atoms with Crippen LogP contribution in [-0.4, -0.2) is 43.4 Å². The minimum atomic E-state index is -2.94. The Hall–Kier alpha value is -1.35. The summed E-state index contributed by atoms with van der Waals surface area (Å²) in [6.07, 6.45) is 0.569. The third-order valence-corrected chi connectivity index (χ3v) is 6.29. The lowest BCUT2D eigenvalue weighted by atomic mass is 10.3. The van der Waals surface area contributed by atoms with E-state index in [0.717, 1.165) is 0 Å². The fraction of sp³-hybridized carbons (Fsp3) is 0.462. The van der Waals surface area contributed by atoms with Crippen LogP contribution in [0.1, 0.15) is 6.42 Å². The molecule has 1 heterocycles. The van der Waals surface area contributed by atoms with Crippen molar-refractivity contribution in [3.05, 3.63) is 24.3 Å². The number of benzene rings is 1. The summed E-state index contributed by atoms with van der Waals surface area (Å²) in [6, 6.07) is 5.58. The van der Waals surface area contributed by atoms with Crippen LogP contribution in [0.25, 0.3) is 0 Å². The standard InChI is InChI=1S/C13H15F2NO4S2/c14-13(15)20-10-3-1-9(2-4-10)16-12(17)7-21-11-5-6-22(18,19)8-11/h1-4,11,13H,5-8H2,(H,16,17)/t11-/m1/s1. The molecule has 0 unspecified atom stereocenters. The molecule has 0 radical (unpaired) electrons. The van der Waals surface area contributed by atoms with Crippen molar-refractivity contribution in [3.8, 4) is 5.75 Å². The third kappa shape index (κ3) is 5.45. The second kappa shape index (κ2) is 7.28. The van der Waals surface area contributed by atoms with Crippen LogP contribution in [0.15, 0.2) is 24.3 Å². The van der Waals surface area contributed by atoms with Gasteiger partial charge in [0.1, 0.15) is 5.75 Å². The smallest absolute Gasteiger partial charge is 0.387 e. The Labute approximate surface area is 131 Å². The van der Waals surface area contributed by atoms with Gasteiger partial charge in [0.25, 0.3) is 0 Å². The highest BCUT2D eigenvalue weighted by Crippen LogP contribution is 2.24. The molecule has 1 atom stereocenters. The topological polar surface area (TPSA) is 72.5 Å². The second-order valence-electron chi connectivity index (χ2n) is 4.79. The number of nitrogens with one attached hydrogen (secondary N) is 1. The van der Waals surface area contributed by atoms with Gasteiger partial charge < -0.3 is 10.1 Å². The van der Waals surface area contributed by atoms with Crippen molar-refractivity contribution in [2.45, 2.75) is 18.3 Å². The molecule has 1 aromatic rings. The number of halogens is 2. The molecule has 1 aliphatic heterocycles. The number of anilines is 1. The highest BCUT2D eigenvalue weighted by molar-refractivity contribution is 8.02. The van der Waals surface area contributed by atoms with Crippen molar-refractivity contribution in [2.24, 2.45) is 0 Å². The fourth-order valence-electron chi connectivity index (χ4n) is 2.00. The van der Waals surface area contributed by atoms with Gasteiger partial charge in [-0.25, -0.2) is 8.42 Å². The van der Waals surface area contributed by atoms with Crippen molar-refractivity contribution >= 4 is 33.2 Å². The molecular formula is C13H15F2NO4S2. The third-order valence-electron chi connectivity index (χ3n) is 3.00. The Balaban J connectivity index is 1.77. The van der Waals surface area contributed by atoms with E-state index in [4.69, 9.17) is 0 Å². The Morgan fingerprint density at radius 3 is 2.59 bits per heavy atom. The van der Waals surface area contributed by atoms with Crippen LogP contribution in [0.2, 0.25) is 0 Å². The average Bonchev–Trinajstić information content (AvgIpc) is 2.78. The molecule has 0 bridgehead atoms. The number of sulfone groups is 1. The van der Waals surface area contributed by atoms with E-state index in [-0.39, 0.29) is 34.2 Å². The second-order valence-corrected chi connectivity index (χ2v) is 8.30. The zero-order valence-electron chi connectivity index (χ0n) is 11.5. The number of rotatable bonds is 6. The molecule has 0 spiro atoms. The zero-order valence-corrected chi connectivity index (χ0v) is 13.1. The summed E-state index contributed by atoms with van der Waals surface area (Å²) in [5.41, 5.74) is 0.464. The molecule has 1 N–H and O–H groups in total. The molecule has 1 aromatic carbocycles. The van der Waals surface area contributed by atoms with Gasteiger partial charge in [-0.1, -0.05) is 0 Å². The number of carbonyl (C=O) groups excluding carboxylic acids is 1. The van der Waals surface area contributed by atoms with Crippen LogP contribution in [-0.2, 0) is 14.6 Å². The van der Waals surface area contributed by atoms with E-state index in [9.17, 15) is 22.0 Å². The Kier molecular flexibility index (Phi) is 5.63. The maximum atomic E-state index is 12.0. The summed E-state index contributed by atoms with van der Waals surface area (Å²) < 4.78 is 50.8. The fourth-order valence-corrected chi connectivity index (χ4v) is 5.45. The lowest BCUT2D eigenvalue weighted by molar-refractivity contribution is -0.113. The highest BCUT2D eigenvalue weighted by atomic mass is 32.2. The lowest BCUT2D eigenvalue weighted by Gasteiger charge is -2.09. The van der Waals surface area contributed by atoms with Crippen LogP contribution in [0.5, 0.6) is 5.75 Å². The molecule has 22 heavy (non-hydrogen) atoms. The summed E-state index contributed by atoms with van der Waals surface area (Å²) in [6.45, 7) is -2.89. The molecule has 0 saturated carbocycles. The molecule has 9 heteroatoms. The Morgan fingerprint density at radius 2 is 2.05 bits per heavy atom. The first-order chi connectivity index (χ1) is 10.3. The molecule has 5 nitrogen and oxygen atoms in total. The number of thioether (sulfide) groups is 1. The summed E-state index contributed by atoms with van der Waals surface area (Å²) in [5, 5.41) is 2.57. The molecule has 0 aromatic heterocycles. The number of hydrogen-bond acceptors (Lipinski definition) is 5. The molecule has 1 fully saturated rings. The average molecular weight is 351 g/mol. The maximum absolute atomic E-state index is 12.0. The van der Waals surface area contributed by atoms with Crippen molar-refractivity contribution in [1.29, 1.82) is 0 Å². The molecule has 0 aliphatic carbocycles. The van der Waals surface area contributed by atoms with Gasteiger partial charge in [0.2, 0.25) is 5.91 Å². The number of carbonyl (C=O) groups is 1. The van der Waals surface area contributed by atoms with Gasteiger partial charge in [-0.15, -0.1) is 11.8 Å². The van der Waals surface area contributed by atoms with Crippen LogP contribution in [0.3, 0.4) is 0 Å². The largest absolute Gasteiger partial charge is 0.435 e. The minimum absolute atomic E-state index is 0.0125. The Bertz CT molecular complexity index is 619. The first kappa shape index (κ1) is 17.0. The predicted molar refractivity (Wildman–Crippen MR) is 81.2 cm³/mol. The SMILES string of the molecule is O=C(CS[C@@H]1CCS(=O)(=O)C1)Nc1ccc(OC(F)F)cc1. The van der Waals surface area contributed by atoms with E-state index in [2.05, 4.69) is 10.1 Å². The molecule has 1 aliphatic rings. The zero-order chi connectivity index (χ0) is 16.2. The number of alkyl halides is 2. The first-order valence-electron chi connectivity index (χ1n) is 6.51. The van der Waals surface area contributed by atoms with Gasteiger partial charge in [-0.05, 0) is 30.7 Å². The van der Waals surface area contributed by atoms with Gasteiger partial charge in [-0.3, -0.25) is 4.79 Å². The quantitative estimate of drug-likeness (QED) is 0.850. The van der Waals surface area contributed by atoms with Crippen LogP contribution < -0.4 is 10.1 Å². The number of hydrogen-bond donors (Lipinski definition) is 1. The van der Waals surface area contributed by atoms with Crippen LogP contribution in [0, 0.1) is 0 Å². The van der Waals surface area contributed by atoms with Crippen molar-refractivity contribution in [3.63, 3.8) is 0 Å². The van der Waals surface area contributed by atoms with Gasteiger partial charge >= 0.3 is 6.61 Å². The van der Waals surface area contributed by atoms with Crippen molar-refractivity contribution < 1.29 is 26.7 Å². The van der Waals surface area contributed by atoms with E-state index < -0.39 is 16.4 Å². The van der Waals surface area contributed by atoms with E-state index in [1.165, 1.54) is 36.0 Å². The summed E-state index contributed by atoms with van der Waals surface area (Å²) >= 11 is 1.31. The number of amides is 1. The maximum Gasteiger partial charge on any atom is 0.387 e. The summed E-state index contributed by atoms with van der Waals surface area (Å²) in [5.74, 6) is 0.188. The highest BCUT2D eigenvalue weighted by Gasteiger charge is 2.28. The van der Waals surface area contributed by atoms with E-state index in [1.807, 2.05) is 0 Å². The number of ether oxygens (including phenoxy) is 1. The van der Waals surface area contributed by atoms with Gasteiger partial charge in [0, 0.05) is 10.9 Å². The van der Waals surface area contributed by atoms with E-state index in [1.54, 1.807) is 0 Å². The predicted octanol–water partition coefficient (Wildman–Crippen LogP) is 2.15.